The number of fused-ring (bicyclic) bond motifs is 4. The van der Waals surface area contributed by atoms with E-state index < -0.39 is 0 Å². The molecule has 1 amide bonds. The van der Waals surface area contributed by atoms with E-state index in [4.69, 9.17) is 0 Å². The molecule has 0 aromatic carbocycles. The molecule has 100 valence electrons. The van der Waals surface area contributed by atoms with Crippen molar-refractivity contribution in [3.63, 3.8) is 0 Å². The Hall–Kier alpha value is -1.78. The van der Waals surface area contributed by atoms with Gasteiger partial charge in [0.05, 0.1) is 5.69 Å². The monoisotopic (exact) mass is 258 g/mol. The lowest BCUT2D eigenvalue weighted by molar-refractivity contribution is 0.0946. The molecule has 1 saturated carbocycles. The summed E-state index contributed by atoms with van der Waals surface area (Å²) >= 11 is 0. The van der Waals surface area contributed by atoms with E-state index >= 15 is 0 Å². The Labute approximate surface area is 112 Å². The Morgan fingerprint density at radius 1 is 1.37 bits per heavy atom. The van der Waals surface area contributed by atoms with Crippen molar-refractivity contribution in [2.24, 2.45) is 0 Å². The van der Waals surface area contributed by atoms with E-state index in [1.54, 1.807) is 0 Å². The number of hydrogen-bond acceptors (Lipinski definition) is 4. The fourth-order valence-electron chi connectivity index (χ4n) is 3.01. The summed E-state index contributed by atoms with van der Waals surface area (Å²) < 4.78 is 0. The number of pyridine rings is 1. The maximum Gasteiger partial charge on any atom is 0.270 e. The first-order valence-corrected chi connectivity index (χ1v) is 7.02. The highest BCUT2D eigenvalue weighted by atomic mass is 16.2. The number of amides is 1. The second-order valence-electron chi connectivity index (χ2n) is 5.79. The van der Waals surface area contributed by atoms with E-state index in [0.29, 0.717) is 17.8 Å². The number of rotatable bonds is 2. The van der Waals surface area contributed by atoms with Gasteiger partial charge in [0.25, 0.3) is 5.91 Å². The van der Waals surface area contributed by atoms with Crippen LogP contribution < -0.4 is 15.1 Å². The number of anilines is 2. The van der Waals surface area contributed by atoms with E-state index in [2.05, 4.69) is 27.1 Å². The first-order chi connectivity index (χ1) is 9.22. The Morgan fingerprint density at radius 2 is 2.21 bits per heavy atom. The molecule has 5 heteroatoms. The molecule has 1 aliphatic carbocycles. The number of likely N-dealkylation sites (N-methyl/N-ethyl adjacent to an activating group) is 1. The Bertz CT molecular complexity index is 540. The van der Waals surface area contributed by atoms with Crippen LogP contribution in [0.3, 0.4) is 0 Å². The van der Waals surface area contributed by atoms with Gasteiger partial charge in [0.15, 0.2) is 5.82 Å². The van der Waals surface area contributed by atoms with E-state index in [0.717, 1.165) is 31.7 Å². The molecule has 3 aliphatic rings. The maximum absolute atomic E-state index is 12.1. The molecule has 1 aromatic rings. The van der Waals surface area contributed by atoms with Crippen molar-refractivity contribution in [3.8, 4) is 0 Å². The molecule has 0 spiro atoms. The second-order valence-corrected chi connectivity index (χ2v) is 5.79. The minimum absolute atomic E-state index is 0.0355. The number of carbonyl (C=O) groups excluding carboxylic acids is 1. The third kappa shape index (κ3) is 1.76. The van der Waals surface area contributed by atoms with Crippen molar-refractivity contribution in [2.45, 2.75) is 31.3 Å². The van der Waals surface area contributed by atoms with Crippen LogP contribution in [-0.2, 0) is 0 Å². The van der Waals surface area contributed by atoms with Crippen molar-refractivity contribution in [1.29, 1.82) is 0 Å². The number of carbonyl (C=O) groups is 1. The second kappa shape index (κ2) is 3.85. The number of nitrogens with one attached hydrogen (secondary N) is 1. The SMILES string of the molecule is CN1c2nc(C(=O)NC3CC3)ccc2N2CCC1C2. The van der Waals surface area contributed by atoms with Crippen molar-refractivity contribution in [3.05, 3.63) is 17.8 Å². The zero-order valence-corrected chi connectivity index (χ0v) is 11.1. The van der Waals surface area contributed by atoms with Crippen LogP contribution in [0, 0.1) is 0 Å². The first kappa shape index (κ1) is 11.1. The van der Waals surface area contributed by atoms with Crippen LogP contribution >= 0.6 is 0 Å². The zero-order valence-electron chi connectivity index (χ0n) is 11.1. The number of aromatic nitrogens is 1. The van der Waals surface area contributed by atoms with Gasteiger partial charge in [-0.25, -0.2) is 4.98 Å². The van der Waals surface area contributed by atoms with Crippen LogP contribution in [-0.4, -0.2) is 43.1 Å². The molecule has 2 bridgehead atoms. The lowest BCUT2D eigenvalue weighted by Gasteiger charge is -2.34. The van der Waals surface area contributed by atoms with E-state index in [-0.39, 0.29) is 5.91 Å². The first-order valence-electron chi connectivity index (χ1n) is 7.02. The van der Waals surface area contributed by atoms with Crippen molar-refractivity contribution in [1.82, 2.24) is 10.3 Å². The molecular weight excluding hydrogens is 240 g/mol. The summed E-state index contributed by atoms with van der Waals surface area (Å²) in [6.07, 6.45) is 3.38. The lowest BCUT2D eigenvalue weighted by Crippen LogP contribution is -2.40. The Morgan fingerprint density at radius 3 is 3.00 bits per heavy atom. The molecule has 2 fully saturated rings. The summed E-state index contributed by atoms with van der Waals surface area (Å²) in [4.78, 5) is 21.2. The lowest BCUT2D eigenvalue weighted by atomic mass is 10.2. The highest BCUT2D eigenvalue weighted by Gasteiger charge is 2.35. The number of hydrogen-bond donors (Lipinski definition) is 1. The van der Waals surface area contributed by atoms with Crippen LogP contribution in [0.1, 0.15) is 29.8 Å². The standard InChI is InChI=1S/C14H18N4O/c1-17-10-6-7-18(8-10)12-5-4-11(16-13(12)17)14(19)15-9-2-3-9/h4-5,9-10H,2-3,6-8H2,1H3,(H,15,19). The maximum atomic E-state index is 12.1. The smallest absolute Gasteiger partial charge is 0.270 e. The van der Waals surface area contributed by atoms with Gasteiger partial charge in [-0.3, -0.25) is 4.79 Å². The largest absolute Gasteiger partial charge is 0.366 e. The van der Waals surface area contributed by atoms with Crippen molar-refractivity contribution < 1.29 is 4.79 Å². The van der Waals surface area contributed by atoms with Crippen LogP contribution in [0.5, 0.6) is 0 Å². The van der Waals surface area contributed by atoms with E-state index in [9.17, 15) is 4.79 Å². The molecule has 2 aliphatic heterocycles. The van der Waals surface area contributed by atoms with Crippen molar-refractivity contribution >= 4 is 17.4 Å². The zero-order chi connectivity index (χ0) is 13.0. The molecule has 1 atom stereocenters. The molecule has 3 heterocycles. The summed E-state index contributed by atoms with van der Waals surface area (Å²) in [7, 11) is 2.09. The topological polar surface area (TPSA) is 48.5 Å². The van der Waals surface area contributed by atoms with Crippen molar-refractivity contribution in [2.75, 3.05) is 29.9 Å². The fourth-order valence-corrected chi connectivity index (χ4v) is 3.01. The summed E-state index contributed by atoms with van der Waals surface area (Å²) in [5, 5.41) is 3.00. The fraction of sp³-hybridized carbons (Fsp3) is 0.571. The van der Waals surface area contributed by atoms with E-state index in [1.165, 1.54) is 12.1 Å². The molecular formula is C14H18N4O. The van der Waals surface area contributed by atoms with Gasteiger partial charge in [-0.15, -0.1) is 0 Å². The van der Waals surface area contributed by atoms with Gasteiger partial charge in [-0.05, 0) is 31.4 Å². The molecule has 1 unspecified atom stereocenters. The highest BCUT2D eigenvalue weighted by Crippen LogP contribution is 2.37. The van der Waals surface area contributed by atoms with Crippen LogP contribution in [0.25, 0.3) is 0 Å². The van der Waals surface area contributed by atoms with E-state index in [1.807, 2.05) is 12.1 Å². The molecule has 1 N–H and O–H groups in total. The predicted molar refractivity (Wildman–Crippen MR) is 73.7 cm³/mol. The van der Waals surface area contributed by atoms with Gasteiger partial charge in [0.1, 0.15) is 5.69 Å². The number of nitrogens with zero attached hydrogens (tertiary/aromatic N) is 3. The van der Waals surface area contributed by atoms with Crippen LogP contribution in [0.15, 0.2) is 12.1 Å². The average molecular weight is 258 g/mol. The Kier molecular flexibility index (Phi) is 2.25. The Balaban J connectivity index is 1.67. The minimum atomic E-state index is -0.0355. The minimum Gasteiger partial charge on any atom is -0.366 e. The molecule has 19 heavy (non-hydrogen) atoms. The average Bonchev–Trinajstić information content (AvgIpc) is 3.12. The predicted octanol–water partition coefficient (Wildman–Crippen LogP) is 1.00. The van der Waals surface area contributed by atoms with Crippen LogP contribution in [0.2, 0.25) is 0 Å². The molecule has 0 radical (unpaired) electrons. The quantitative estimate of drug-likeness (QED) is 0.860. The third-order valence-electron chi connectivity index (χ3n) is 4.39. The van der Waals surface area contributed by atoms with Gasteiger partial charge >= 0.3 is 0 Å². The molecule has 1 saturated heterocycles. The van der Waals surface area contributed by atoms with Gasteiger partial charge in [-0.1, -0.05) is 0 Å². The molecule has 5 nitrogen and oxygen atoms in total. The normalized spacial score (nSPS) is 24.4. The highest BCUT2D eigenvalue weighted by molar-refractivity contribution is 5.94. The molecule has 4 rings (SSSR count). The summed E-state index contributed by atoms with van der Waals surface area (Å²) in [5.41, 5.74) is 1.71. The third-order valence-corrected chi connectivity index (χ3v) is 4.39. The summed E-state index contributed by atoms with van der Waals surface area (Å²) in [6, 6.07) is 4.82. The van der Waals surface area contributed by atoms with Gasteiger partial charge in [-0.2, -0.15) is 0 Å². The molecule has 1 aromatic heterocycles. The summed E-state index contributed by atoms with van der Waals surface area (Å²) in [5.74, 6) is 0.920. The van der Waals surface area contributed by atoms with Gasteiger partial charge in [0, 0.05) is 32.2 Å². The van der Waals surface area contributed by atoms with Crippen LogP contribution in [0.4, 0.5) is 11.5 Å². The summed E-state index contributed by atoms with van der Waals surface area (Å²) in [6.45, 7) is 2.18. The van der Waals surface area contributed by atoms with Gasteiger partial charge in [0.2, 0.25) is 0 Å². The van der Waals surface area contributed by atoms with Gasteiger partial charge < -0.3 is 15.1 Å².